The van der Waals surface area contributed by atoms with E-state index in [2.05, 4.69) is 36.2 Å². The number of hydrogen-bond donors (Lipinski definition) is 1. The Morgan fingerprint density at radius 2 is 1.42 bits per heavy atom. The maximum Gasteiger partial charge on any atom is 0.255 e. The predicted molar refractivity (Wildman–Crippen MR) is 110 cm³/mol. The molecule has 3 rings (SSSR count). The number of nitrogens with one attached hydrogen (secondary N) is 1. The van der Waals surface area contributed by atoms with E-state index in [9.17, 15) is 4.79 Å². The maximum atomic E-state index is 12.3. The largest absolute Gasteiger partial charge is 0.339 e. The summed E-state index contributed by atoms with van der Waals surface area (Å²) in [7, 11) is 0. The van der Waals surface area contributed by atoms with Crippen LogP contribution in [0.25, 0.3) is 0 Å². The lowest BCUT2D eigenvalue weighted by Crippen LogP contribution is -2.25. The van der Waals surface area contributed by atoms with Crippen LogP contribution >= 0.6 is 11.6 Å². The molecule has 0 unspecified atom stereocenters. The van der Waals surface area contributed by atoms with Crippen LogP contribution in [0, 0.1) is 0 Å². The topological polar surface area (TPSA) is 32.3 Å². The van der Waals surface area contributed by atoms with Crippen LogP contribution in [0.2, 0.25) is 5.02 Å². The van der Waals surface area contributed by atoms with E-state index in [1.165, 1.54) is 0 Å². The normalized spacial score (nSPS) is 10.6. The molecule has 0 saturated heterocycles. The summed E-state index contributed by atoms with van der Waals surface area (Å²) < 4.78 is 0. The van der Waals surface area contributed by atoms with Crippen molar-refractivity contribution < 1.29 is 4.79 Å². The Kier molecular flexibility index (Phi) is 5.59. The summed E-state index contributed by atoms with van der Waals surface area (Å²) in [5.74, 6) is -0.154. The molecular weight excluding hydrogens is 344 g/mol. The summed E-state index contributed by atoms with van der Waals surface area (Å²) in [4.78, 5) is 14.6. The zero-order chi connectivity index (χ0) is 18.5. The molecule has 26 heavy (non-hydrogen) atoms. The number of nitrogens with zero attached hydrogens (tertiary/aromatic N) is 1. The summed E-state index contributed by atoms with van der Waals surface area (Å²) >= 11 is 5.86. The number of hydrogen-bond acceptors (Lipinski definition) is 2. The van der Waals surface area contributed by atoms with Gasteiger partial charge in [0.1, 0.15) is 0 Å². The molecule has 0 aromatic heterocycles. The zero-order valence-corrected chi connectivity index (χ0v) is 15.6. The molecule has 0 heterocycles. The highest BCUT2D eigenvalue weighted by molar-refractivity contribution is 6.30. The molecule has 1 amide bonds. The van der Waals surface area contributed by atoms with Crippen molar-refractivity contribution in [1.29, 1.82) is 0 Å². The van der Waals surface area contributed by atoms with E-state index < -0.39 is 0 Å². The fourth-order valence-corrected chi connectivity index (χ4v) is 2.97. The lowest BCUT2D eigenvalue weighted by Gasteiger charge is -2.29. The maximum absolute atomic E-state index is 12.3. The average Bonchev–Trinajstić information content (AvgIpc) is 2.64. The Morgan fingerprint density at radius 1 is 0.846 bits per heavy atom. The summed E-state index contributed by atoms with van der Waals surface area (Å²) in [6.45, 7) is 4.31. The summed E-state index contributed by atoms with van der Waals surface area (Å²) in [6, 6.07) is 25.3. The van der Waals surface area contributed by atoms with Gasteiger partial charge in [0.25, 0.3) is 5.91 Å². The van der Waals surface area contributed by atoms with E-state index in [4.69, 9.17) is 11.6 Å². The second-order valence-corrected chi connectivity index (χ2v) is 6.74. The highest BCUT2D eigenvalue weighted by atomic mass is 35.5. The van der Waals surface area contributed by atoms with Crippen LogP contribution < -0.4 is 10.2 Å². The van der Waals surface area contributed by atoms with Crippen LogP contribution in [-0.4, -0.2) is 11.9 Å². The summed E-state index contributed by atoms with van der Waals surface area (Å²) in [5, 5.41) is 3.52. The van der Waals surface area contributed by atoms with Gasteiger partial charge in [0.05, 0.1) is 0 Å². The van der Waals surface area contributed by atoms with Gasteiger partial charge >= 0.3 is 0 Å². The van der Waals surface area contributed by atoms with E-state index in [1.54, 1.807) is 24.3 Å². The molecule has 3 nitrogen and oxygen atoms in total. The standard InChI is InChI=1S/C22H21ClN2O/c1-16(2)25(20-6-4-3-5-7-20)21-14-12-19(13-15-21)24-22(26)17-8-10-18(23)11-9-17/h3-16H,1-2H3,(H,24,26). The van der Waals surface area contributed by atoms with E-state index in [-0.39, 0.29) is 5.91 Å². The molecule has 0 spiro atoms. The molecule has 0 fully saturated rings. The number of anilines is 3. The van der Waals surface area contributed by atoms with E-state index >= 15 is 0 Å². The highest BCUT2D eigenvalue weighted by Crippen LogP contribution is 2.28. The molecule has 0 saturated carbocycles. The Balaban J connectivity index is 1.77. The fourth-order valence-electron chi connectivity index (χ4n) is 2.84. The monoisotopic (exact) mass is 364 g/mol. The van der Waals surface area contributed by atoms with Crippen LogP contribution in [0.1, 0.15) is 24.2 Å². The number of benzene rings is 3. The number of carbonyl (C=O) groups is 1. The van der Waals surface area contributed by atoms with Gasteiger partial charge in [-0.2, -0.15) is 0 Å². The minimum atomic E-state index is -0.154. The number of halogens is 1. The van der Waals surface area contributed by atoms with Crippen LogP contribution in [0.15, 0.2) is 78.9 Å². The predicted octanol–water partition coefficient (Wildman–Crippen LogP) is 6.14. The third-order valence-corrected chi connectivity index (χ3v) is 4.31. The van der Waals surface area contributed by atoms with Gasteiger partial charge in [-0.15, -0.1) is 0 Å². The summed E-state index contributed by atoms with van der Waals surface area (Å²) in [6.07, 6.45) is 0. The van der Waals surface area contributed by atoms with Gasteiger partial charge in [0.2, 0.25) is 0 Å². The molecule has 3 aromatic carbocycles. The molecular formula is C22H21ClN2O. The van der Waals surface area contributed by atoms with Crippen LogP contribution in [0.3, 0.4) is 0 Å². The Labute approximate surface area is 159 Å². The minimum absolute atomic E-state index is 0.154. The van der Waals surface area contributed by atoms with Crippen molar-refractivity contribution in [2.45, 2.75) is 19.9 Å². The molecule has 132 valence electrons. The van der Waals surface area contributed by atoms with E-state index in [0.29, 0.717) is 16.6 Å². The number of amides is 1. The molecule has 0 bridgehead atoms. The van der Waals surface area contributed by atoms with Gasteiger partial charge in [-0.3, -0.25) is 4.79 Å². The van der Waals surface area contributed by atoms with Crippen molar-refractivity contribution >= 4 is 34.6 Å². The van der Waals surface area contributed by atoms with Gasteiger partial charge in [0, 0.05) is 33.7 Å². The van der Waals surface area contributed by atoms with Crippen LogP contribution in [0.4, 0.5) is 17.1 Å². The van der Waals surface area contributed by atoms with Crippen molar-refractivity contribution in [3.63, 3.8) is 0 Å². The number of rotatable bonds is 5. The molecule has 0 aliphatic carbocycles. The van der Waals surface area contributed by atoms with Crippen LogP contribution in [-0.2, 0) is 0 Å². The molecule has 3 aromatic rings. The first kappa shape index (κ1) is 18.0. The zero-order valence-electron chi connectivity index (χ0n) is 14.8. The van der Waals surface area contributed by atoms with Crippen molar-refractivity contribution in [2.75, 3.05) is 10.2 Å². The molecule has 0 atom stereocenters. The van der Waals surface area contributed by atoms with Gasteiger partial charge in [0.15, 0.2) is 0 Å². The molecule has 0 aliphatic heterocycles. The SMILES string of the molecule is CC(C)N(c1ccccc1)c1ccc(NC(=O)c2ccc(Cl)cc2)cc1. The summed E-state index contributed by atoms with van der Waals surface area (Å²) in [5.41, 5.74) is 3.55. The van der Waals surface area contributed by atoms with E-state index in [0.717, 1.165) is 17.1 Å². The van der Waals surface area contributed by atoms with Crippen LogP contribution in [0.5, 0.6) is 0 Å². The van der Waals surface area contributed by atoms with Crippen molar-refractivity contribution in [3.8, 4) is 0 Å². The first-order valence-corrected chi connectivity index (χ1v) is 8.93. The number of carbonyl (C=O) groups excluding carboxylic acids is 1. The van der Waals surface area contributed by atoms with Gasteiger partial charge in [-0.25, -0.2) is 0 Å². The fraction of sp³-hybridized carbons (Fsp3) is 0.136. The smallest absolute Gasteiger partial charge is 0.255 e. The molecule has 4 heteroatoms. The first-order valence-electron chi connectivity index (χ1n) is 8.56. The molecule has 1 N–H and O–H groups in total. The quantitative estimate of drug-likeness (QED) is 0.589. The van der Waals surface area contributed by atoms with Gasteiger partial charge in [-0.1, -0.05) is 29.8 Å². The second-order valence-electron chi connectivity index (χ2n) is 6.31. The van der Waals surface area contributed by atoms with Crippen molar-refractivity contribution in [3.05, 3.63) is 89.4 Å². The second kappa shape index (κ2) is 8.07. The Morgan fingerprint density at radius 3 is 2.00 bits per heavy atom. The lowest BCUT2D eigenvalue weighted by atomic mass is 10.1. The molecule has 0 aliphatic rings. The Bertz CT molecular complexity index is 859. The Hall–Kier alpha value is -2.78. The third kappa shape index (κ3) is 4.24. The minimum Gasteiger partial charge on any atom is -0.339 e. The van der Waals surface area contributed by atoms with Crippen molar-refractivity contribution in [2.24, 2.45) is 0 Å². The first-order chi connectivity index (χ1) is 12.5. The third-order valence-electron chi connectivity index (χ3n) is 4.06. The average molecular weight is 365 g/mol. The van der Waals surface area contributed by atoms with Crippen molar-refractivity contribution in [1.82, 2.24) is 0 Å². The van der Waals surface area contributed by atoms with Gasteiger partial charge < -0.3 is 10.2 Å². The lowest BCUT2D eigenvalue weighted by molar-refractivity contribution is 0.102. The number of para-hydroxylation sites is 1. The molecule has 0 radical (unpaired) electrons. The van der Waals surface area contributed by atoms with E-state index in [1.807, 2.05) is 42.5 Å². The highest BCUT2D eigenvalue weighted by Gasteiger charge is 2.13. The van der Waals surface area contributed by atoms with Gasteiger partial charge in [-0.05, 0) is 74.5 Å².